The number of aromatic nitrogens is 2. The first kappa shape index (κ1) is 66.2. The van der Waals surface area contributed by atoms with Crippen molar-refractivity contribution in [3.63, 3.8) is 0 Å². The summed E-state index contributed by atoms with van der Waals surface area (Å²) in [7, 11) is 0. The van der Waals surface area contributed by atoms with Gasteiger partial charge in [-0.2, -0.15) is 0 Å². The third kappa shape index (κ3) is 15.6. The van der Waals surface area contributed by atoms with Crippen LogP contribution in [0, 0.1) is 18.7 Å². The number of benzene rings is 1. The SMILES string of the molecule is Cc1c(F)cc2nc3c(c4c2c1CC[C@@H]4NC(=O)COCNC(=O)[C@H](CCCNC(N)=O)NC(=O)[C@@H](NC(=O)[C@H](CCC(=O)NC[C@H]1O[C@@H](CC(N)=O)[C@H](O)[C@@H]1O)NC(=O)CCCCCN1C(=O)C=CC1=O)C(C)C)Cn1c-3cc2c(c1=O)COC(=O)[C@H]2O. The number of pyridine rings is 2. The van der Waals surface area contributed by atoms with Crippen molar-refractivity contribution < 1.29 is 86.7 Å². The molecule has 8 rings (SSSR count). The van der Waals surface area contributed by atoms with E-state index in [9.17, 15) is 72.9 Å². The molecule has 0 spiro atoms. The van der Waals surface area contributed by atoms with Gasteiger partial charge in [-0.25, -0.2) is 19.0 Å². The molecule has 5 aliphatic rings. The highest BCUT2D eigenvalue weighted by Gasteiger charge is 2.44. The van der Waals surface area contributed by atoms with E-state index >= 15 is 4.39 Å². The summed E-state index contributed by atoms with van der Waals surface area (Å²) in [5.41, 5.74) is 13.2. The zero-order chi connectivity index (χ0) is 64.5. The number of fused-ring (bicyclic) bond motifs is 5. The van der Waals surface area contributed by atoms with Crippen LogP contribution >= 0.6 is 0 Å². The van der Waals surface area contributed by atoms with Gasteiger partial charge in [-0.15, -0.1) is 0 Å². The number of cyclic esters (lactones) is 1. The number of nitrogens with one attached hydrogen (secondary N) is 7. The van der Waals surface area contributed by atoms with E-state index < -0.39 is 163 Å². The van der Waals surface area contributed by atoms with E-state index in [1.165, 1.54) is 16.7 Å². The Balaban J connectivity index is 0.895. The Morgan fingerprint density at radius 2 is 1.52 bits per heavy atom. The lowest BCUT2D eigenvalue weighted by Crippen LogP contribution is -2.58. The maximum atomic E-state index is 15.4. The number of nitrogens with two attached hydrogens (primary N) is 2. The van der Waals surface area contributed by atoms with E-state index in [0.717, 1.165) is 17.1 Å². The summed E-state index contributed by atoms with van der Waals surface area (Å²) in [5, 5.41) is 50.3. The summed E-state index contributed by atoms with van der Waals surface area (Å²) in [5.74, 6) is -8.22. The number of carbonyl (C=O) groups excluding carboxylic acids is 11. The first-order valence-electron chi connectivity index (χ1n) is 29.3. The highest BCUT2D eigenvalue weighted by Crippen LogP contribution is 2.45. The molecule has 0 radical (unpaired) electrons. The van der Waals surface area contributed by atoms with Gasteiger partial charge in [0.25, 0.3) is 17.4 Å². The Morgan fingerprint density at radius 3 is 2.22 bits per heavy atom. The fourth-order valence-electron chi connectivity index (χ4n) is 11.6. The van der Waals surface area contributed by atoms with Crippen molar-refractivity contribution in [1.29, 1.82) is 0 Å². The van der Waals surface area contributed by atoms with Gasteiger partial charge in [0.1, 0.15) is 62.2 Å². The number of rotatable bonds is 29. The number of primary amides is 2. The number of unbranched alkanes of at least 4 members (excludes halogenated alkanes) is 2. The summed E-state index contributed by atoms with van der Waals surface area (Å²) < 4.78 is 33.0. The van der Waals surface area contributed by atoms with Gasteiger partial charge in [0.15, 0.2) is 6.10 Å². The maximum absolute atomic E-state index is 15.4. The number of ether oxygens (including phenoxy) is 3. The van der Waals surface area contributed by atoms with E-state index in [4.69, 9.17) is 30.7 Å². The lowest BCUT2D eigenvalue weighted by molar-refractivity contribution is -0.157. The predicted molar refractivity (Wildman–Crippen MR) is 307 cm³/mol. The number of amides is 11. The van der Waals surface area contributed by atoms with E-state index in [0.29, 0.717) is 59.0 Å². The fourth-order valence-corrected chi connectivity index (χ4v) is 11.6. The molecule has 1 fully saturated rings. The van der Waals surface area contributed by atoms with Crippen molar-refractivity contribution >= 4 is 76.1 Å². The molecule has 31 heteroatoms. The van der Waals surface area contributed by atoms with Crippen LogP contribution in [-0.4, -0.2) is 170 Å². The van der Waals surface area contributed by atoms with Crippen LogP contribution in [0.1, 0.15) is 124 Å². The van der Waals surface area contributed by atoms with Gasteiger partial charge in [0.05, 0.1) is 47.6 Å². The Morgan fingerprint density at radius 1 is 0.798 bits per heavy atom. The summed E-state index contributed by atoms with van der Waals surface area (Å²) in [6.07, 6.45) is -4.06. The molecule has 9 atom stereocenters. The first-order chi connectivity index (χ1) is 42.3. The standard InChI is InChI=1S/C58H73FN12O18/c1-26(2)48(69-54(82)35(66-42(74)9-5-4-6-17-70-44(76)14-15-45(70)77)12-13-41(73)63-21-39-52(80)51(79)38(89-39)20-40(60)72)55(83)68-34(8-7-16-62-58(61)86)53(81)64-25-87-24-43(75)65-33-11-10-28-27(3)32(59)19-36-46(28)47(33)30-22-71-37(49(30)67-36)18-29-31(56(71)84)23-88-57(85)50(29)78/h14-15,18-19,26,33-35,38-39,48,50-52,78-80H,4-13,16-17,20-25H2,1-3H3,(H2,60,72)(H,63,73)(H,64,81)(H,65,75)(H,66,74)(H,68,83)(H,69,82)(H3,61,62,86)/t33-,34-,35-,38-,39+,48-,50-,51-,52+/m0/s1. The molecule has 480 valence electrons. The smallest absolute Gasteiger partial charge is 0.340 e. The number of urea groups is 1. The number of nitrogens with zero attached hydrogens (tertiary/aromatic N) is 3. The van der Waals surface area contributed by atoms with E-state index in [1.807, 2.05) is 0 Å². The maximum Gasteiger partial charge on any atom is 0.340 e. The molecule has 11 amide bonds. The minimum atomic E-state index is -1.71. The Bertz CT molecular complexity index is 3410. The molecular formula is C58H73FN12O18. The third-order valence-corrected chi connectivity index (χ3v) is 16.3. The molecule has 0 bridgehead atoms. The number of halogens is 1. The van der Waals surface area contributed by atoms with Gasteiger partial charge in [-0.3, -0.25) is 52.8 Å². The van der Waals surface area contributed by atoms with Crippen molar-refractivity contribution in [3.8, 4) is 11.4 Å². The minimum absolute atomic E-state index is 0.00369. The summed E-state index contributed by atoms with van der Waals surface area (Å²) in [6.45, 7) is 3.14. The molecule has 89 heavy (non-hydrogen) atoms. The van der Waals surface area contributed by atoms with Crippen molar-refractivity contribution in [1.82, 2.24) is 51.7 Å². The Labute approximate surface area is 507 Å². The topological polar surface area (TPSA) is 451 Å². The van der Waals surface area contributed by atoms with Crippen LogP contribution in [0.5, 0.6) is 0 Å². The van der Waals surface area contributed by atoms with E-state index in [1.54, 1.807) is 20.8 Å². The van der Waals surface area contributed by atoms with Gasteiger partial charge in [-0.1, -0.05) is 20.3 Å². The summed E-state index contributed by atoms with van der Waals surface area (Å²) in [6, 6.07) is -2.93. The minimum Gasteiger partial charge on any atom is -0.458 e. The Kier molecular flexibility index (Phi) is 21.6. The molecule has 3 aromatic rings. The highest BCUT2D eigenvalue weighted by atomic mass is 19.1. The van der Waals surface area contributed by atoms with E-state index in [2.05, 4.69) is 37.2 Å². The zero-order valence-corrected chi connectivity index (χ0v) is 49.2. The normalized spacial score (nSPS) is 20.6. The first-order valence-corrected chi connectivity index (χ1v) is 29.3. The molecule has 1 aromatic carbocycles. The molecule has 2 aromatic heterocycles. The average molecular weight is 1250 g/mol. The van der Waals surface area contributed by atoms with Gasteiger partial charge in [-0.05, 0) is 80.5 Å². The van der Waals surface area contributed by atoms with Crippen LogP contribution in [0.15, 0.2) is 29.1 Å². The number of aliphatic hydroxyl groups excluding tert-OH is 3. The second-order valence-electron chi connectivity index (χ2n) is 22.8. The van der Waals surface area contributed by atoms with Crippen molar-refractivity contribution in [3.05, 3.63) is 73.8 Å². The van der Waals surface area contributed by atoms with Crippen LogP contribution in [0.3, 0.4) is 0 Å². The number of carbonyl (C=O) groups is 11. The number of imide groups is 1. The molecule has 4 aliphatic heterocycles. The monoisotopic (exact) mass is 1240 g/mol. The molecule has 30 nitrogen and oxygen atoms in total. The van der Waals surface area contributed by atoms with Gasteiger partial charge in [0, 0.05) is 67.2 Å². The molecule has 14 N–H and O–H groups in total. The summed E-state index contributed by atoms with van der Waals surface area (Å²) >= 11 is 0. The second kappa shape index (κ2) is 29.0. The average Bonchev–Trinajstić information content (AvgIpc) is 1.83. The second-order valence-corrected chi connectivity index (χ2v) is 22.8. The molecule has 0 saturated carbocycles. The third-order valence-electron chi connectivity index (χ3n) is 16.3. The lowest BCUT2D eigenvalue weighted by atomic mass is 9.81. The number of aryl methyl sites for hydroxylation is 1. The predicted octanol–water partition coefficient (Wildman–Crippen LogP) is -2.54. The quantitative estimate of drug-likeness (QED) is 0.0115. The van der Waals surface area contributed by atoms with Crippen LogP contribution in [0.4, 0.5) is 9.18 Å². The van der Waals surface area contributed by atoms with Crippen molar-refractivity contribution in [2.24, 2.45) is 17.4 Å². The number of esters is 1. The van der Waals surface area contributed by atoms with E-state index in [-0.39, 0.29) is 87.2 Å². The lowest BCUT2D eigenvalue weighted by Gasteiger charge is -2.29. The molecule has 1 saturated heterocycles. The van der Waals surface area contributed by atoms with Gasteiger partial charge in [0.2, 0.25) is 41.4 Å². The molecule has 6 heterocycles. The number of aliphatic hydroxyl groups is 3. The molecule has 1 aliphatic carbocycles. The molecular weight excluding hydrogens is 1170 g/mol. The van der Waals surface area contributed by atoms with Crippen LogP contribution in [-0.2, 0) is 81.7 Å². The van der Waals surface area contributed by atoms with Gasteiger partial charge < -0.3 is 82.8 Å². The zero-order valence-electron chi connectivity index (χ0n) is 49.2. The Hall–Kier alpha value is -8.78. The highest BCUT2D eigenvalue weighted by molar-refractivity contribution is 6.12. The molecule has 0 unspecified atom stereocenters. The largest absolute Gasteiger partial charge is 0.458 e. The summed E-state index contributed by atoms with van der Waals surface area (Å²) in [4.78, 5) is 161. The van der Waals surface area contributed by atoms with Crippen LogP contribution in [0.25, 0.3) is 22.3 Å². The van der Waals surface area contributed by atoms with Crippen molar-refractivity contribution in [2.75, 3.05) is 33.0 Å². The van der Waals surface area contributed by atoms with Crippen molar-refractivity contribution in [2.45, 2.75) is 159 Å². The fraction of sp³-hybridized carbons (Fsp3) is 0.534. The number of hydrogen-bond acceptors (Lipinski definition) is 19. The number of hydrogen-bond donors (Lipinski definition) is 12. The van der Waals surface area contributed by atoms with Crippen LogP contribution < -0.4 is 54.2 Å². The van der Waals surface area contributed by atoms with Gasteiger partial charge >= 0.3 is 12.0 Å². The van der Waals surface area contributed by atoms with Crippen LogP contribution in [0.2, 0.25) is 0 Å².